The molecule has 1 heterocycles. The molecular weight excluding hydrogens is 252 g/mol. The molecule has 0 fully saturated rings. The highest BCUT2D eigenvalue weighted by atomic mass is 16.5. The molecule has 4 nitrogen and oxygen atoms in total. The maximum Gasteiger partial charge on any atom is 0.355 e. The van der Waals surface area contributed by atoms with Gasteiger partial charge in [-0.2, -0.15) is 5.26 Å². The average molecular weight is 268 g/mol. The Morgan fingerprint density at radius 1 is 1.40 bits per heavy atom. The number of ether oxygens (including phenoxy) is 1. The fourth-order valence-electron chi connectivity index (χ4n) is 2.12. The number of benzene rings is 1. The quantitative estimate of drug-likeness (QED) is 0.800. The summed E-state index contributed by atoms with van der Waals surface area (Å²) in [6.45, 7) is 4.06. The molecule has 0 aliphatic rings. The molecule has 0 aliphatic carbocycles. The van der Waals surface area contributed by atoms with E-state index in [9.17, 15) is 4.79 Å². The highest BCUT2D eigenvalue weighted by molar-refractivity contribution is 5.88. The Labute approximate surface area is 118 Å². The topological polar surface area (TPSA) is 55.0 Å². The molecule has 2 aromatic rings. The van der Waals surface area contributed by atoms with Gasteiger partial charge in [-0.25, -0.2) is 4.79 Å². The molecule has 102 valence electrons. The van der Waals surface area contributed by atoms with E-state index in [1.165, 1.54) is 0 Å². The molecule has 0 N–H and O–H groups in total. The molecule has 0 aliphatic heterocycles. The van der Waals surface area contributed by atoms with Gasteiger partial charge in [0.15, 0.2) is 0 Å². The number of rotatable bonds is 4. The molecule has 1 unspecified atom stereocenters. The van der Waals surface area contributed by atoms with E-state index in [-0.39, 0.29) is 6.04 Å². The molecule has 0 bridgehead atoms. The summed E-state index contributed by atoms with van der Waals surface area (Å²) in [6, 6.07) is 13.4. The molecule has 1 aromatic heterocycles. The van der Waals surface area contributed by atoms with Crippen LogP contribution in [0.25, 0.3) is 0 Å². The van der Waals surface area contributed by atoms with Crippen LogP contribution in [0.15, 0.2) is 42.6 Å². The summed E-state index contributed by atoms with van der Waals surface area (Å²) in [5.41, 5.74) is 1.92. The van der Waals surface area contributed by atoms with Crippen molar-refractivity contribution in [1.82, 2.24) is 4.57 Å². The van der Waals surface area contributed by atoms with Crippen LogP contribution in [-0.2, 0) is 4.74 Å². The number of hydrogen-bond donors (Lipinski definition) is 0. The maximum atomic E-state index is 12.0. The van der Waals surface area contributed by atoms with Gasteiger partial charge >= 0.3 is 5.97 Å². The minimum absolute atomic E-state index is 0.0438. The zero-order valence-corrected chi connectivity index (χ0v) is 11.5. The number of carbonyl (C=O) groups is 1. The van der Waals surface area contributed by atoms with Gasteiger partial charge in [-0.15, -0.1) is 0 Å². The van der Waals surface area contributed by atoms with Crippen molar-refractivity contribution < 1.29 is 9.53 Å². The Balaban J connectivity index is 2.43. The van der Waals surface area contributed by atoms with E-state index < -0.39 is 5.97 Å². The van der Waals surface area contributed by atoms with Crippen molar-refractivity contribution in [2.24, 2.45) is 0 Å². The Kier molecular flexibility index (Phi) is 4.21. The molecule has 0 amide bonds. The van der Waals surface area contributed by atoms with Gasteiger partial charge in [0.25, 0.3) is 0 Å². The van der Waals surface area contributed by atoms with Crippen molar-refractivity contribution in [3.63, 3.8) is 0 Å². The lowest BCUT2D eigenvalue weighted by atomic mass is 10.1. The third-order valence-corrected chi connectivity index (χ3v) is 3.16. The number of nitrogens with zero attached hydrogens (tertiary/aromatic N) is 2. The summed E-state index contributed by atoms with van der Waals surface area (Å²) in [4.78, 5) is 12.0. The molecular formula is C16H16N2O2. The second-order valence-electron chi connectivity index (χ2n) is 4.44. The van der Waals surface area contributed by atoms with Crippen LogP contribution in [0, 0.1) is 11.3 Å². The number of esters is 1. The number of aromatic nitrogens is 1. The Bertz CT molecular complexity index is 638. The predicted molar refractivity (Wildman–Crippen MR) is 75.4 cm³/mol. The number of hydrogen-bond acceptors (Lipinski definition) is 3. The van der Waals surface area contributed by atoms with Gasteiger partial charge < -0.3 is 9.30 Å². The predicted octanol–water partition coefficient (Wildman–Crippen LogP) is 3.15. The third-order valence-electron chi connectivity index (χ3n) is 3.16. The zero-order valence-electron chi connectivity index (χ0n) is 11.5. The van der Waals surface area contributed by atoms with Gasteiger partial charge in [-0.3, -0.25) is 0 Å². The van der Waals surface area contributed by atoms with Crippen molar-refractivity contribution in [1.29, 1.82) is 5.26 Å². The largest absolute Gasteiger partial charge is 0.461 e. The summed E-state index contributed by atoms with van der Waals surface area (Å²) in [5, 5.41) is 9.02. The van der Waals surface area contributed by atoms with Crippen LogP contribution in [0.1, 0.15) is 41.5 Å². The van der Waals surface area contributed by atoms with Gasteiger partial charge in [-0.1, -0.05) is 30.3 Å². The molecule has 2 rings (SSSR count). The first kappa shape index (κ1) is 13.9. The minimum atomic E-state index is -0.406. The second-order valence-corrected chi connectivity index (χ2v) is 4.44. The molecule has 4 heteroatoms. The van der Waals surface area contributed by atoms with Crippen molar-refractivity contribution in [3.8, 4) is 6.07 Å². The van der Waals surface area contributed by atoms with Crippen molar-refractivity contribution in [2.75, 3.05) is 6.61 Å². The highest BCUT2D eigenvalue weighted by Crippen LogP contribution is 2.22. The molecule has 1 atom stereocenters. The summed E-state index contributed by atoms with van der Waals surface area (Å²) in [7, 11) is 0. The van der Waals surface area contributed by atoms with Crippen LogP contribution in [0.3, 0.4) is 0 Å². The van der Waals surface area contributed by atoms with E-state index in [0.29, 0.717) is 17.9 Å². The minimum Gasteiger partial charge on any atom is -0.461 e. The fraction of sp³-hybridized carbons (Fsp3) is 0.250. The fourth-order valence-corrected chi connectivity index (χ4v) is 2.12. The highest BCUT2D eigenvalue weighted by Gasteiger charge is 2.19. The lowest BCUT2D eigenvalue weighted by Crippen LogP contribution is -2.15. The SMILES string of the molecule is CCOC(=O)c1cc(C#N)cn1C(C)c1ccccc1. The lowest BCUT2D eigenvalue weighted by molar-refractivity contribution is 0.0512. The van der Waals surface area contributed by atoms with Gasteiger partial charge in [0.05, 0.1) is 18.2 Å². The summed E-state index contributed by atoms with van der Waals surface area (Å²) < 4.78 is 6.83. The van der Waals surface area contributed by atoms with E-state index in [2.05, 4.69) is 6.07 Å². The van der Waals surface area contributed by atoms with E-state index in [1.54, 1.807) is 23.8 Å². The van der Waals surface area contributed by atoms with Gasteiger partial charge in [0.2, 0.25) is 0 Å². The Morgan fingerprint density at radius 3 is 2.70 bits per heavy atom. The molecule has 20 heavy (non-hydrogen) atoms. The first-order chi connectivity index (χ1) is 9.67. The van der Waals surface area contributed by atoms with Crippen molar-refractivity contribution in [3.05, 3.63) is 59.4 Å². The first-order valence-electron chi connectivity index (χ1n) is 6.51. The van der Waals surface area contributed by atoms with Crippen molar-refractivity contribution >= 4 is 5.97 Å². The van der Waals surface area contributed by atoms with E-state index >= 15 is 0 Å². The third kappa shape index (κ3) is 2.72. The van der Waals surface area contributed by atoms with Crippen LogP contribution < -0.4 is 0 Å². The lowest BCUT2D eigenvalue weighted by Gasteiger charge is -2.17. The summed E-state index contributed by atoms with van der Waals surface area (Å²) in [5.74, 6) is -0.406. The van der Waals surface area contributed by atoms with Crippen molar-refractivity contribution in [2.45, 2.75) is 19.9 Å². The molecule has 0 saturated carbocycles. The second kappa shape index (κ2) is 6.07. The number of nitriles is 1. The first-order valence-corrected chi connectivity index (χ1v) is 6.51. The summed E-state index contributed by atoms with van der Waals surface area (Å²) >= 11 is 0. The van der Waals surface area contributed by atoms with Crippen LogP contribution >= 0.6 is 0 Å². The maximum absolute atomic E-state index is 12.0. The van der Waals surface area contributed by atoms with Crippen LogP contribution in [0.4, 0.5) is 0 Å². The Morgan fingerprint density at radius 2 is 2.10 bits per heavy atom. The van der Waals surface area contributed by atoms with Crippen LogP contribution in [-0.4, -0.2) is 17.1 Å². The molecule has 0 radical (unpaired) electrons. The number of carbonyl (C=O) groups excluding carboxylic acids is 1. The van der Waals surface area contributed by atoms with E-state index in [1.807, 2.05) is 37.3 Å². The van der Waals surface area contributed by atoms with Gasteiger partial charge in [0.1, 0.15) is 11.8 Å². The molecule has 0 spiro atoms. The van der Waals surface area contributed by atoms with E-state index in [0.717, 1.165) is 5.56 Å². The Hall–Kier alpha value is -2.54. The monoisotopic (exact) mass is 268 g/mol. The molecule has 0 saturated heterocycles. The summed E-state index contributed by atoms with van der Waals surface area (Å²) in [6.07, 6.45) is 1.68. The normalized spacial score (nSPS) is 11.7. The molecule has 1 aromatic carbocycles. The zero-order chi connectivity index (χ0) is 14.5. The van der Waals surface area contributed by atoms with Gasteiger partial charge in [0, 0.05) is 6.20 Å². The van der Waals surface area contributed by atoms with E-state index in [4.69, 9.17) is 10.00 Å². The van der Waals surface area contributed by atoms with Gasteiger partial charge in [-0.05, 0) is 25.5 Å². The average Bonchev–Trinajstić information content (AvgIpc) is 2.92. The van der Waals surface area contributed by atoms with Crippen LogP contribution in [0.5, 0.6) is 0 Å². The van der Waals surface area contributed by atoms with Crippen LogP contribution in [0.2, 0.25) is 0 Å². The standard InChI is InChI=1S/C16H16N2O2/c1-3-20-16(19)15-9-13(10-17)11-18(15)12(2)14-7-5-4-6-8-14/h4-9,11-12H,3H2,1-2H3. The smallest absolute Gasteiger partial charge is 0.355 e.